The van der Waals surface area contributed by atoms with Gasteiger partial charge in [-0.1, -0.05) is 30.3 Å². The van der Waals surface area contributed by atoms with Crippen molar-refractivity contribution in [3.63, 3.8) is 0 Å². The van der Waals surface area contributed by atoms with E-state index in [1.54, 1.807) is 6.92 Å². The molecule has 2 rings (SSSR count). The number of hydrogen-bond donors (Lipinski definition) is 0. The van der Waals surface area contributed by atoms with Crippen LogP contribution in [0.3, 0.4) is 0 Å². The predicted octanol–water partition coefficient (Wildman–Crippen LogP) is 2.40. The standard InChI is InChI=1S/C14H18NO/c1-12(16)14(8-10-15(2)11-9-14)13-6-4-3-5-7-13/h3-7H,2,8-11H2,1H3/q-1. The zero-order chi connectivity index (χ0) is 11.6. The molecule has 0 aliphatic carbocycles. The zero-order valence-electron chi connectivity index (χ0n) is 9.78. The van der Waals surface area contributed by atoms with Crippen molar-refractivity contribution >= 4 is 5.78 Å². The van der Waals surface area contributed by atoms with Crippen LogP contribution in [0.1, 0.15) is 25.3 Å². The summed E-state index contributed by atoms with van der Waals surface area (Å²) in [6, 6.07) is 10.2. The minimum Gasteiger partial charge on any atom is -0.459 e. The van der Waals surface area contributed by atoms with Crippen LogP contribution >= 0.6 is 0 Å². The summed E-state index contributed by atoms with van der Waals surface area (Å²) in [5, 5.41) is 0. The molecule has 0 atom stereocenters. The van der Waals surface area contributed by atoms with Gasteiger partial charge < -0.3 is 4.90 Å². The van der Waals surface area contributed by atoms with Crippen molar-refractivity contribution in [3.8, 4) is 0 Å². The minimum absolute atomic E-state index is 0.268. The number of Topliss-reactive ketones (excluding diaryl/α,β-unsaturated/α-hetero) is 1. The number of rotatable bonds is 2. The van der Waals surface area contributed by atoms with E-state index in [2.05, 4.69) is 19.2 Å². The molecule has 0 N–H and O–H groups in total. The second-order valence-electron chi connectivity index (χ2n) is 4.62. The average molecular weight is 216 g/mol. The van der Waals surface area contributed by atoms with Crippen LogP contribution in [0.2, 0.25) is 0 Å². The molecule has 16 heavy (non-hydrogen) atoms. The zero-order valence-corrected chi connectivity index (χ0v) is 9.78. The molecule has 2 heteroatoms. The third-order valence-corrected chi connectivity index (χ3v) is 3.71. The van der Waals surface area contributed by atoms with E-state index in [9.17, 15) is 4.79 Å². The second kappa shape index (κ2) is 4.38. The Morgan fingerprint density at radius 1 is 1.25 bits per heavy atom. The highest BCUT2D eigenvalue weighted by atomic mass is 16.1. The van der Waals surface area contributed by atoms with Crippen LogP contribution in [0.25, 0.3) is 0 Å². The first-order valence-electron chi connectivity index (χ1n) is 5.77. The maximum absolute atomic E-state index is 12.0. The van der Waals surface area contributed by atoms with Crippen LogP contribution in [0.5, 0.6) is 0 Å². The third kappa shape index (κ3) is 1.90. The van der Waals surface area contributed by atoms with Gasteiger partial charge in [-0.3, -0.25) is 11.8 Å². The number of benzene rings is 1. The smallest absolute Gasteiger partial charge is 0.140 e. The Balaban J connectivity index is 2.34. The summed E-state index contributed by atoms with van der Waals surface area (Å²) in [5.41, 5.74) is 0.894. The molecule has 0 unspecified atom stereocenters. The van der Waals surface area contributed by atoms with Gasteiger partial charge in [-0.25, -0.2) is 0 Å². The summed E-state index contributed by atoms with van der Waals surface area (Å²) >= 11 is 0. The molecule has 1 aliphatic heterocycles. The van der Waals surface area contributed by atoms with E-state index in [-0.39, 0.29) is 11.2 Å². The summed E-state index contributed by atoms with van der Waals surface area (Å²) in [6.07, 6.45) is 1.77. The lowest BCUT2D eigenvalue weighted by Crippen LogP contribution is -2.44. The summed E-state index contributed by atoms with van der Waals surface area (Å²) in [5.74, 6) is 0.284. The fourth-order valence-corrected chi connectivity index (χ4v) is 2.54. The highest BCUT2D eigenvalue weighted by Gasteiger charge is 2.38. The lowest BCUT2D eigenvalue weighted by Gasteiger charge is -2.42. The number of likely N-dealkylation sites (tertiary alicyclic amines) is 1. The van der Waals surface area contributed by atoms with Gasteiger partial charge in [0.15, 0.2) is 0 Å². The van der Waals surface area contributed by atoms with Gasteiger partial charge in [-0.05, 0) is 38.4 Å². The summed E-state index contributed by atoms with van der Waals surface area (Å²) < 4.78 is 0. The number of carbonyl (C=O) groups excluding carboxylic acids is 1. The van der Waals surface area contributed by atoms with Crippen LogP contribution in [-0.2, 0) is 10.2 Å². The summed E-state index contributed by atoms with van der Waals surface area (Å²) in [6.45, 7) is 3.51. The van der Waals surface area contributed by atoms with Crippen LogP contribution in [0.15, 0.2) is 30.3 Å². The first kappa shape index (κ1) is 11.3. The van der Waals surface area contributed by atoms with Gasteiger partial charge in [-0.2, -0.15) is 0 Å². The molecule has 1 aliphatic rings. The topological polar surface area (TPSA) is 20.3 Å². The van der Waals surface area contributed by atoms with Crippen molar-refractivity contribution in [2.75, 3.05) is 13.1 Å². The molecule has 1 fully saturated rings. The quantitative estimate of drug-likeness (QED) is 0.707. The molecule has 1 heterocycles. The van der Waals surface area contributed by atoms with Gasteiger partial charge >= 0.3 is 0 Å². The Morgan fingerprint density at radius 3 is 2.31 bits per heavy atom. The molecular weight excluding hydrogens is 198 g/mol. The number of hydrogen-bond acceptors (Lipinski definition) is 2. The Morgan fingerprint density at radius 2 is 1.81 bits per heavy atom. The Kier molecular flexibility index (Phi) is 3.10. The van der Waals surface area contributed by atoms with E-state index in [1.807, 2.05) is 23.1 Å². The molecule has 0 aromatic heterocycles. The largest absolute Gasteiger partial charge is 0.459 e. The predicted molar refractivity (Wildman–Crippen MR) is 65.0 cm³/mol. The molecule has 0 spiro atoms. The SMILES string of the molecule is [CH2-]N1CCC(C(C)=O)(c2ccccc2)CC1. The van der Waals surface area contributed by atoms with E-state index in [1.165, 1.54) is 0 Å². The molecule has 1 aromatic carbocycles. The first-order valence-corrected chi connectivity index (χ1v) is 5.77. The average Bonchev–Trinajstić information content (AvgIpc) is 2.31. The highest BCUT2D eigenvalue weighted by molar-refractivity contribution is 5.88. The molecule has 1 saturated heterocycles. The normalized spacial score (nSPS) is 20.6. The molecule has 1 aromatic rings. The van der Waals surface area contributed by atoms with Crippen LogP contribution < -0.4 is 0 Å². The summed E-state index contributed by atoms with van der Waals surface area (Å²) in [4.78, 5) is 14.0. The minimum atomic E-state index is -0.268. The second-order valence-corrected chi connectivity index (χ2v) is 4.62. The molecular formula is C14H18NO-. The van der Waals surface area contributed by atoms with E-state index in [4.69, 9.17) is 0 Å². The third-order valence-electron chi connectivity index (χ3n) is 3.71. The first-order chi connectivity index (χ1) is 7.65. The van der Waals surface area contributed by atoms with Gasteiger partial charge in [0.1, 0.15) is 5.78 Å². The number of ketones is 1. The van der Waals surface area contributed by atoms with E-state index >= 15 is 0 Å². The number of carbonyl (C=O) groups is 1. The highest BCUT2D eigenvalue weighted by Crippen LogP contribution is 2.36. The van der Waals surface area contributed by atoms with Crippen molar-refractivity contribution in [1.82, 2.24) is 4.90 Å². The Hall–Kier alpha value is -1.15. The molecule has 0 bridgehead atoms. The maximum atomic E-state index is 12.0. The van der Waals surface area contributed by atoms with Gasteiger partial charge in [0.05, 0.1) is 5.41 Å². The van der Waals surface area contributed by atoms with Crippen molar-refractivity contribution < 1.29 is 4.79 Å². The molecule has 0 saturated carbocycles. The van der Waals surface area contributed by atoms with Crippen molar-refractivity contribution in [1.29, 1.82) is 0 Å². The van der Waals surface area contributed by atoms with Crippen molar-refractivity contribution in [3.05, 3.63) is 42.9 Å². The van der Waals surface area contributed by atoms with E-state index in [0.717, 1.165) is 31.5 Å². The van der Waals surface area contributed by atoms with Gasteiger partial charge in [0, 0.05) is 0 Å². The Labute approximate surface area is 97.3 Å². The monoisotopic (exact) mass is 216 g/mol. The molecule has 0 radical (unpaired) electrons. The lowest BCUT2D eigenvalue weighted by atomic mass is 9.70. The van der Waals surface area contributed by atoms with Gasteiger partial charge in [-0.15, -0.1) is 0 Å². The fourth-order valence-electron chi connectivity index (χ4n) is 2.54. The van der Waals surface area contributed by atoms with Crippen molar-refractivity contribution in [2.45, 2.75) is 25.2 Å². The van der Waals surface area contributed by atoms with Crippen molar-refractivity contribution in [2.24, 2.45) is 0 Å². The summed E-state index contributed by atoms with van der Waals surface area (Å²) in [7, 11) is 3.94. The van der Waals surface area contributed by atoms with Crippen LogP contribution in [0, 0.1) is 7.05 Å². The number of piperidine rings is 1. The lowest BCUT2D eigenvalue weighted by molar-refractivity contribution is -0.124. The maximum Gasteiger partial charge on any atom is 0.140 e. The van der Waals surface area contributed by atoms with E-state index < -0.39 is 0 Å². The molecule has 0 amide bonds. The van der Waals surface area contributed by atoms with Gasteiger partial charge in [0.2, 0.25) is 0 Å². The number of nitrogens with zero attached hydrogens (tertiary/aromatic N) is 1. The molecule has 2 nitrogen and oxygen atoms in total. The van der Waals surface area contributed by atoms with Gasteiger partial charge in [0.25, 0.3) is 0 Å². The molecule has 86 valence electrons. The van der Waals surface area contributed by atoms with Crippen LogP contribution in [-0.4, -0.2) is 23.8 Å². The fraction of sp³-hybridized carbons (Fsp3) is 0.429. The Bertz CT molecular complexity index is 364. The van der Waals surface area contributed by atoms with Crippen LogP contribution in [0.4, 0.5) is 0 Å². The van der Waals surface area contributed by atoms with E-state index in [0.29, 0.717) is 0 Å².